The number of nitrogens with one attached hydrogen (secondary N) is 1. The standard InChI is InChI=1S/C18H22F2N2O4/c1-2-3-15(18(25)26)21-16(23)11-6-8-22(9-7-11)17(24)13-5-4-12(19)10-14(13)20/h4-5,10-11,15H,2-3,6-9H2,1H3,(H,21,23)(H,25,26). The number of rotatable bonds is 6. The lowest BCUT2D eigenvalue weighted by molar-refractivity contribution is -0.142. The van der Waals surface area contributed by atoms with Crippen LogP contribution in [0.1, 0.15) is 43.0 Å². The van der Waals surface area contributed by atoms with Gasteiger partial charge in [0, 0.05) is 25.1 Å². The number of amides is 2. The Morgan fingerprint density at radius 2 is 1.92 bits per heavy atom. The first kappa shape index (κ1) is 19.8. The van der Waals surface area contributed by atoms with Crippen LogP contribution in [-0.4, -0.2) is 46.9 Å². The minimum atomic E-state index is -1.07. The van der Waals surface area contributed by atoms with Gasteiger partial charge in [-0.3, -0.25) is 9.59 Å². The van der Waals surface area contributed by atoms with Crippen molar-refractivity contribution in [3.8, 4) is 0 Å². The molecule has 2 N–H and O–H groups in total. The van der Waals surface area contributed by atoms with Gasteiger partial charge in [0.25, 0.3) is 5.91 Å². The smallest absolute Gasteiger partial charge is 0.326 e. The lowest BCUT2D eigenvalue weighted by Crippen LogP contribution is -2.47. The molecular weight excluding hydrogens is 346 g/mol. The number of carbonyl (C=O) groups excluding carboxylic acids is 2. The van der Waals surface area contributed by atoms with E-state index < -0.39 is 35.5 Å². The highest BCUT2D eigenvalue weighted by molar-refractivity contribution is 5.94. The summed E-state index contributed by atoms with van der Waals surface area (Å²) in [5.41, 5.74) is -0.205. The van der Waals surface area contributed by atoms with E-state index in [0.717, 1.165) is 12.1 Å². The van der Waals surface area contributed by atoms with Gasteiger partial charge in [-0.25, -0.2) is 13.6 Å². The number of likely N-dealkylation sites (tertiary alicyclic amines) is 1. The van der Waals surface area contributed by atoms with Gasteiger partial charge in [0.2, 0.25) is 5.91 Å². The Morgan fingerprint density at radius 1 is 1.27 bits per heavy atom. The van der Waals surface area contributed by atoms with Crippen molar-refractivity contribution in [2.24, 2.45) is 5.92 Å². The average molecular weight is 368 g/mol. The molecule has 8 heteroatoms. The van der Waals surface area contributed by atoms with E-state index in [1.165, 1.54) is 4.90 Å². The number of hydrogen-bond acceptors (Lipinski definition) is 3. The monoisotopic (exact) mass is 368 g/mol. The summed E-state index contributed by atoms with van der Waals surface area (Å²) < 4.78 is 26.7. The van der Waals surface area contributed by atoms with Crippen LogP contribution in [0, 0.1) is 17.6 Å². The molecule has 1 saturated heterocycles. The molecule has 6 nitrogen and oxygen atoms in total. The molecule has 0 aromatic heterocycles. The number of carboxylic acids is 1. The molecule has 26 heavy (non-hydrogen) atoms. The molecule has 1 unspecified atom stereocenters. The number of hydrogen-bond donors (Lipinski definition) is 2. The van der Waals surface area contributed by atoms with E-state index in [0.29, 0.717) is 31.7 Å². The van der Waals surface area contributed by atoms with Crippen LogP contribution in [0.2, 0.25) is 0 Å². The first-order valence-electron chi connectivity index (χ1n) is 8.61. The number of nitrogens with zero attached hydrogens (tertiary/aromatic N) is 1. The van der Waals surface area contributed by atoms with Gasteiger partial charge in [0.05, 0.1) is 5.56 Å². The van der Waals surface area contributed by atoms with Gasteiger partial charge in [0.1, 0.15) is 17.7 Å². The van der Waals surface area contributed by atoms with E-state index in [2.05, 4.69) is 5.32 Å². The third-order valence-electron chi connectivity index (χ3n) is 4.51. The van der Waals surface area contributed by atoms with E-state index in [1.54, 1.807) is 0 Å². The van der Waals surface area contributed by atoms with Crippen LogP contribution in [0.3, 0.4) is 0 Å². The molecule has 0 bridgehead atoms. The fourth-order valence-electron chi connectivity index (χ4n) is 3.01. The Hall–Kier alpha value is -2.51. The molecule has 142 valence electrons. The molecule has 1 atom stereocenters. The molecule has 1 aromatic carbocycles. The third kappa shape index (κ3) is 4.77. The van der Waals surface area contributed by atoms with Gasteiger partial charge in [-0.05, 0) is 31.4 Å². The molecular formula is C18H22F2N2O4. The fraction of sp³-hybridized carbons (Fsp3) is 0.500. The second-order valence-corrected chi connectivity index (χ2v) is 6.38. The molecule has 0 spiro atoms. The van der Waals surface area contributed by atoms with Crippen LogP contribution in [0.25, 0.3) is 0 Å². The van der Waals surface area contributed by atoms with Gasteiger partial charge >= 0.3 is 5.97 Å². The predicted molar refractivity (Wildman–Crippen MR) is 89.5 cm³/mol. The summed E-state index contributed by atoms with van der Waals surface area (Å²) in [6, 6.07) is 1.87. The molecule has 0 saturated carbocycles. The van der Waals surface area contributed by atoms with E-state index in [9.17, 15) is 23.2 Å². The molecule has 1 heterocycles. The SMILES string of the molecule is CCCC(NC(=O)C1CCN(C(=O)c2ccc(F)cc2F)CC1)C(=O)O. The van der Waals surface area contributed by atoms with Crippen LogP contribution in [0.4, 0.5) is 8.78 Å². The van der Waals surface area contributed by atoms with Crippen LogP contribution in [0.5, 0.6) is 0 Å². The Bertz CT molecular complexity index is 688. The molecule has 2 amide bonds. The first-order chi connectivity index (χ1) is 12.3. The van der Waals surface area contributed by atoms with Gasteiger partial charge < -0.3 is 15.3 Å². The molecule has 0 aliphatic carbocycles. The van der Waals surface area contributed by atoms with Crippen molar-refractivity contribution in [1.29, 1.82) is 0 Å². The Morgan fingerprint density at radius 3 is 2.46 bits per heavy atom. The molecule has 1 aliphatic heterocycles. The van der Waals surface area contributed by atoms with Crippen molar-refractivity contribution in [2.45, 2.75) is 38.6 Å². The van der Waals surface area contributed by atoms with E-state index >= 15 is 0 Å². The second-order valence-electron chi connectivity index (χ2n) is 6.38. The topological polar surface area (TPSA) is 86.7 Å². The van der Waals surface area contributed by atoms with Crippen LogP contribution in [0.15, 0.2) is 18.2 Å². The number of aliphatic carboxylic acids is 1. The summed E-state index contributed by atoms with van der Waals surface area (Å²) >= 11 is 0. The molecule has 1 aromatic rings. The number of halogens is 2. The number of carboxylic acid groups (broad SMARTS) is 1. The molecule has 1 fully saturated rings. The zero-order valence-corrected chi connectivity index (χ0v) is 14.5. The van der Waals surface area contributed by atoms with Gasteiger partial charge in [0.15, 0.2) is 0 Å². The number of carbonyl (C=O) groups is 3. The minimum absolute atomic E-state index is 0.205. The van der Waals surface area contributed by atoms with Gasteiger partial charge in [-0.15, -0.1) is 0 Å². The Labute approximate surface area is 150 Å². The van der Waals surface area contributed by atoms with Crippen molar-refractivity contribution < 1.29 is 28.3 Å². The summed E-state index contributed by atoms with van der Waals surface area (Å²) in [4.78, 5) is 37.1. The maximum Gasteiger partial charge on any atom is 0.326 e. The summed E-state index contributed by atoms with van der Waals surface area (Å²) in [5, 5.41) is 11.6. The Balaban J connectivity index is 1.92. The van der Waals surface area contributed by atoms with E-state index in [-0.39, 0.29) is 24.6 Å². The number of piperidine rings is 1. The molecule has 0 radical (unpaired) electrons. The maximum atomic E-state index is 13.7. The molecule has 1 aliphatic rings. The van der Waals surface area contributed by atoms with Crippen LogP contribution >= 0.6 is 0 Å². The van der Waals surface area contributed by atoms with Crippen LogP contribution < -0.4 is 5.32 Å². The summed E-state index contributed by atoms with van der Waals surface area (Å²) in [6.45, 7) is 2.33. The van der Waals surface area contributed by atoms with Crippen molar-refractivity contribution in [3.63, 3.8) is 0 Å². The fourth-order valence-corrected chi connectivity index (χ4v) is 3.01. The summed E-state index contributed by atoms with van der Waals surface area (Å²) in [5.74, 6) is -4.02. The largest absolute Gasteiger partial charge is 0.480 e. The summed E-state index contributed by atoms with van der Waals surface area (Å²) in [6.07, 6.45) is 1.70. The van der Waals surface area contributed by atoms with E-state index in [1.807, 2.05) is 6.92 Å². The lowest BCUT2D eigenvalue weighted by atomic mass is 9.94. The molecule has 2 rings (SSSR count). The van der Waals surface area contributed by atoms with Crippen LogP contribution in [-0.2, 0) is 9.59 Å². The lowest BCUT2D eigenvalue weighted by Gasteiger charge is -2.32. The normalized spacial score (nSPS) is 16.2. The highest BCUT2D eigenvalue weighted by Gasteiger charge is 2.30. The number of benzene rings is 1. The van der Waals surface area contributed by atoms with Crippen molar-refractivity contribution in [2.75, 3.05) is 13.1 Å². The van der Waals surface area contributed by atoms with Crippen molar-refractivity contribution in [3.05, 3.63) is 35.4 Å². The maximum absolute atomic E-state index is 13.7. The van der Waals surface area contributed by atoms with Crippen molar-refractivity contribution >= 4 is 17.8 Å². The zero-order valence-electron chi connectivity index (χ0n) is 14.5. The van der Waals surface area contributed by atoms with Gasteiger partial charge in [-0.2, -0.15) is 0 Å². The third-order valence-corrected chi connectivity index (χ3v) is 4.51. The highest BCUT2D eigenvalue weighted by Crippen LogP contribution is 2.21. The quantitative estimate of drug-likeness (QED) is 0.806. The average Bonchev–Trinajstić information content (AvgIpc) is 2.60. The van der Waals surface area contributed by atoms with Gasteiger partial charge in [-0.1, -0.05) is 13.3 Å². The van der Waals surface area contributed by atoms with E-state index in [4.69, 9.17) is 5.11 Å². The minimum Gasteiger partial charge on any atom is -0.480 e. The zero-order chi connectivity index (χ0) is 19.3. The predicted octanol–water partition coefficient (Wildman–Crippen LogP) is 2.19. The van der Waals surface area contributed by atoms with Crippen molar-refractivity contribution in [1.82, 2.24) is 10.2 Å². The summed E-state index contributed by atoms with van der Waals surface area (Å²) in [7, 11) is 0. The Kier molecular flexibility index (Phi) is 6.65. The second kappa shape index (κ2) is 8.73. The first-order valence-corrected chi connectivity index (χ1v) is 8.61. The highest BCUT2D eigenvalue weighted by atomic mass is 19.1.